The molecule has 0 bridgehead atoms. The molecule has 2 rings (SSSR count). The van der Waals surface area contributed by atoms with Crippen LogP contribution in [0.1, 0.15) is 30.5 Å². The molecule has 1 aliphatic heterocycles. The van der Waals surface area contributed by atoms with Crippen molar-refractivity contribution in [3.63, 3.8) is 0 Å². The quantitative estimate of drug-likeness (QED) is 0.733. The summed E-state index contributed by atoms with van der Waals surface area (Å²) in [6.07, 6.45) is 4.71. The lowest BCUT2D eigenvalue weighted by Gasteiger charge is -2.31. The van der Waals surface area contributed by atoms with Gasteiger partial charge in [-0.25, -0.2) is 0 Å². The van der Waals surface area contributed by atoms with Crippen molar-refractivity contribution in [1.82, 2.24) is 4.90 Å². The maximum atomic E-state index is 11.2. The van der Waals surface area contributed by atoms with Crippen LogP contribution in [0.3, 0.4) is 0 Å². The smallest absolute Gasteiger partial charge is 0.132 e. The summed E-state index contributed by atoms with van der Waals surface area (Å²) in [5.74, 6) is 0.233. The zero-order chi connectivity index (χ0) is 10.8. The summed E-state index contributed by atoms with van der Waals surface area (Å²) < 4.78 is 0. The first-order chi connectivity index (χ1) is 7.18. The summed E-state index contributed by atoms with van der Waals surface area (Å²) >= 11 is 0. The van der Waals surface area contributed by atoms with E-state index in [4.69, 9.17) is 0 Å². The van der Waals surface area contributed by atoms with E-state index in [1.54, 1.807) is 6.92 Å². The van der Waals surface area contributed by atoms with Crippen LogP contribution in [0.25, 0.3) is 6.08 Å². The normalized spacial score (nSPS) is 18.8. The van der Waals surface area contributed by atoms with Gasteiger partial charge in [-0.1, -0.05) is 24.3 Å². The molecule has 78 valence electrons. The predicted octanol–water partition coefficient (Wildman–Crippen LogP) is 2.62. The number of benzene rings is 1. The van der Waals surface area contributed by atoms with Crippen LogP contribution in [0.2, 0.25) is 0 Å². The molecule has 0 saturated heterocycles. The Morgan fingerprint density at radius 3 is 2.87 bits per heavy atom. The highest BCUT2D eigenvalue weighted by atomic mass is 16.1. The Hall–Kier alpha value is -1.57. The maximum absolute atomic E-state index is 11.2. The molecule has 0 spiro atoms. The van der Waals surface area contributed by atoms with Crippen molar-refractivity contribution in [3.05, 3.63) is 41.6 Å². The first-order valence-corrected chi connectivity index (χ1v) is 5.17. The van der Waals surface area contributed by atoms with E-state index in [0.717, 1.165) is 0 Å². The molecule has 15 heavy (non-hydrogen) atoms. The molecule has 0 N–H and O–H groups in total. The molecule has 1 aromatic carbocycles. The van der Waals surface area contributed by atoms with Gasteiger partial charge in [0.15, 0.2) is 0 Å². The number of hydrogen-bond acceptors (Lipinski definition) is 2. The van der Waals surface area contributed by atoms with Gasteiger partial charge in [-0.05, 0) is 30.3 Å². The maximum Gasteiger partial charge on any atom is 0.132 e. The highest BCUT2D eigenvalue weighted by Crippen LogP contribution is 2.31. The van der Waals surface area contributed by atoms with Crippen molar-refractivity contribution in [2.75, 3.05) is 7.05 Å². The zero-order valence-electron chi connectivity index (χ0n) is 9.10. The van der Waals surface area contributed by atoms with Crippen LogP contribution in [0.5, 0.6) is 0 Å². The number of carbonyl (C=O) groups excluding carboxylic acids is 1. The molecule has 0 radical (unpaired) electrons. The summed E-state index contributed by atoms with van der Waals surface area (Å²) in [4.78, 5) is 13.3. The van der Waals surface area contributed by atoms with Gasteiger partial charge in [0.05, 0.1) is 6.04 Å². The van der Waals surface area contributed by atoms with Gasteiger partial charge in [0.1, 0.15) is 5.78 Å². The van der Waals surface area contributed by atoms with Crippen molar-refractivity contribution in [2.45, 2.75) is 19.4 Å². The fourth-order valence-corrected chi connectivity index (χ4v) is 2.01. The predicted molar refractivity (Wildman–Crippen MR) is 61.3 cm³/mol. The minimum absolute atomic E-state index is 0.198. The SMILES string of the molecule is CC(=O)CC1c2ccccc2C=CN1C. The van der Waals surface area contributed by atoms with Gasteiger partial charge in [-0.2, -0.15) is 0 Å². The van der Waals surface area contributed by atoms with Gasteiger partial charge in [0.25, 0.3) is 0 Å². The van der Waals surface area contributed by atoms with Gasteiger partial charge in [-0.15, -0.1) is 0 Å². The van der Waals surface area contributed by atoms with Crippen molar-refractivity contribution in [2.24, 2.45) is 0 Å². The Labute approximate surface area is 90.2 Å². The minimum Gasteiger partial charge on any atom is -0.373 e. The summed E-state index contributed by atoms with van der Waals surface area (Å²) in [6, 6.07) is 8.44. The minimum atomic E-state index is 0.198. The van der Waals surface area contributed by atoms with Crippen molar-refractivity contribution in [3.8, 4) is 0 Å². The van der Waals surface area contributed by atoms with Gasteiger partial charge in [0.2, 0.25) is 0 Å². The second-order valence-corrected chi connectivity index (χ2v) is 4.03. The van der Waals surface area contributed by atoms with Crippen molar-refractivity contribution in [1.29, 1.82) is 0 Å². The van der Waals surface area contributed by atoms with Crippen molar-refractivity contribution < 1.29 is 4.79 Å². The second kappa shape index (κ2) is 3.89. The molecule has 2 nitrogen and oxygen atoms in total. The van der Waals surface area contributed by atoms with Gasteiger partial charge < -0.3 is 4.90 Å². The van der Waals surface area contributed by atoms with Crippen LogP contribution in [-0.2, 0) is 4.79 Å². The summed E-state index contributed by atoms with van der Waals surface area (Å²) in [7, 11) is 2.01. The molecule has 1 atom stereocenters. The van der Waals surface area contributed by atoms with E-state index in [1.807, 2.05) is 25.4 Å². The molecular formula is C13H15NO. The molecule has 0 amide bonds. The number of nitrogens with zero attached hydrogens (tertiary/aromatic N) is 1. The highest BCUT2D eigenvalue weighted by Gasteiger charge is 2.21. The van der Waals surface area contributed by atoms with E-state index in [-0.39, 0.29) is 11.8 Å². The third-order valence-electron chi connectivity index (χ3n) is 2.82. The third kappa shape index (κ3) is 1.94. The van der Waals surface area contributed by atoms with Crippen LogP contribution in [-0.4, -0.2) is 17.7 Å². The van der Waals surface area contributed by atoms with E-state index in [9.17, 15) is 4.79 Å². The standard InChI is InChI=1S/C13H15NO/c1-10(15)9-13-12-6-4-3-5-11(12)7-8-14(13)2/h3-8,13H,9H2,1-2H3. The largest absolute Gasteiger partial charge is 0.373 e. The number of rotatable bonds is 2. The second-order valence-electron chi connectivity index (χ2n) is 4.03. The van der Waals surface area contributed by atoms with E-state index < -0.39 is 0 Å². The summed E-state index contributed by atoms with van der Waals surface area (Å²) in [6.45, 7) is 1.65. The average Bonchev–Trinajstić information content (AvgIpc) is 2.22. The first kappa shape index (κ1) is 9.97. The fourth-order valence-electron chi connectivity index (χ4n) is 2.01. The lowest BCUT2D eigenvalue weighted by molar-refractivity contribution is -0.118. The molecule has 1 aliphatic rings. The Bertz CT molecular complexity index is 409. The van der Waals surface area contributed by atoms with E-state index in [1.165, 1.54) is 11.1 Å². The Morgan fingerprint density at radius 1 is 1.40 bits per heavy atom. The van der Waals surface area contributed by atoms with Crippen molar-refractivity contribution >= 4 is 11.9 Å². The lowest BCUT2D eigenvalue weighted by atomic mass is 9.93. The van der Waals surface area contributed by atoms with E-state index in [0.29, 0.717) is 6.42 Å². The average molecular weight is 201 g/mol. The molecule has 0 aliphatic carbocycles. The number of fused-ring (bicyclic) bond motifs is 1. The molecule has 2 heteroatoms. The van der Waals surface area contributed by atoms with Crippen LogP contribution >= 0.6 is 0 Å². The van der Waals surface area contributed by atoms with Crippen LogP contribution < -0.4 is 0 Å². The zero-order valence-corrected chi connectivity index (χ0v) is 9.10. The molecule has 0 aromatic heterocycles. The fraction of sp³-hybridized carbons (Fsp3) is 0.308. The van der Waals surface area contributed by atoms with E-state index >= 15 is 0 Å². The number of carbonyl (C=O) groups is 1. The monoisotopic (exact) mass is 201 g/mol. The topological polar surface area (TPSA) is 20.3 Å². The number of ketones is 1. The van der Waals surface area contributed by atoms with E-state index in [2.05, 4.69) is 23.1 Å². The Balaban J connectivity index is 2.38. The van der Waals surface area contributed by atoms with Gasteiger partial charge >= 0.3 is 0 Å². The van der Waals surface area contributed by atoms with Crippen LogP contribution in [0.15, 0.2) is 30.5 Å². The van der Waals surface area contributed by atoms with Crippen LogP contribution in [0, 0.1) is 0 Å². The number of hydrogen-bond donors (Lipinski definition) is 0. The molecule has 1 aromatic rings. The Kier molecular flexibility index (Phi) is 2.58. The number of Topliss-reactive ketones (excluding diaryl/α,β-unsaturated/α-hetero) is 1. The summed E-state index contributed by atoms with van der Waals surface area (Å²) in [5, 5.41) is 0. The Morgan fingerprint density at radius 2 is 2.13 bits per heavy atom. The van der Waals surface area contributed by atoms with Gasteiger partial charge in [-0.3, -0.25) is 4.79 Å². The summed E-state index contributed by atoms with van der Waals surface area (Å²) in [5.41, 5.74) is 2.47. The highest BCUT2D eigenvalue weighted by molar-refractivity contribution is 5.77. The lowest BCUT2D eigenvalue weighted by Crippen LogP contribution is -2.24. The molecule has 1 heterocycles. The molecule has 1 unspecified atom stereocenters. The molecule has 0 saturated carbocycles. The molecular weight excluding hydrogens is 186 g/mol. The molecule has 0 fully saturated rings. The van der Waals surface area contributed by atoms with Gasteiger partial charge in [0, 0.05) is 13.5 Å². The first-order valence-electron chi connectivity index (χ1n) is 5.17. The van der Waals surface area contributed by atoms with Crippen LogP contribution in [0.4, 0.5) is 0 Å². The third-order valence-corrected chi connectivity index (χ3v) is 2.82.